The van der Waals surface area contributed by atoms with Gasteiger partial charge in [-0.2, -0.15) is 0 Å². The number of anilines is 1. The number of methoxy groups -OCH3 is 1. The number of aryl methyl sites for hydroxylation is 1. The number of rotatable bonds is 7. The minimum absolute atomic E-state index is 0. The Balaban J connectivity index is 0.00000300. The quantitative estimate of drug-likeness (QED) is 0.580. The van der Waals surface area contributed by atoms with Gasteiger partial charge in [0.1, 0.15) is 5.75 Å². The maximum Gasteiger partial charge on any atom is 0.257 e. The second-order valence-corrected chi connectivity index (χ2v) is 6.71. The lowest BCUT2D eigenvalue weighted by Crippen LogP contribution is -2.17. The van der Waals surface area contributed by atoms with E-state index in [0.717, 1.165) is 47.2 Å². The molecule has 0 aliphatic carbocycles. The average molecular weight is 414 g/mol. The molecule has 0 spiro atoms. The highest BCUT2D eigenvalue weighted by Gasteiger charge is 2.17. The molecule has 0 bridgehead atoms. The van der Waals surface area contributed by atoms with E-state index >= 15 is 0 Å². The normalized spacial score (nSPS) is 10.3. The number of benzene rings is 2. The maximum atomic E-state index is 13.0. The van der Waals surface area contributed by atoms with Crippen LogP contribution in [0, 0.1) is 13.8 Å². The van der Waals surface area contributed by atoms with Gasteiger partial charge in [0.15, 0.2) is 0 Å². The van der Waals surface area contributed by atoms with Gasteiger partial charge in [0.25, 0.3) is 5.91 Å². The fraction of sp³-hybridized carbons (Fsp3) is 0.261. The van der Waals surface area contributed by atoms with Crippen LogP contribution >= 0.6 is 12.4 Å². The topological polar surface area (TPSA) is 55.3 Å². The van der Waals surface area contributed by atoms with Gasteiger partial charge in [-0.3, -0.25) is 4.79 Å². The molecule has 3 aromatic rings. The first kappa shape index (κ1) is 22.5. The monoisotopic (exact) mass is 413 g/mol. The number of nitrogens with one attached hydrogen (secondary N) is 2. The minimum Gasteiger partial charge on any atom is -0.497 e. The first-order valence-corrected chi connectivity index (χ1v) is 9.48. The van der Waals surface area contributed by atoms with Gasteiger partial charge in [0.2, 0.25) is 0 Å². The minimum atomic E-state index is -0.100. The van der Waals surface area contributed by atoms with E-state index in [0.29, 0.717) is 5.56 Å². The lowest BCUT2D eigenvalue weighted by Gasteiger charge is -2.12. The van der Waals surface area contributed by atoms with Gasteiger partial charge >= 0.3 is 0 Å². The Hall–Kier alpha value is -2.76. The Kier molecular flexibility index (Phi) is 7.88. The second kappa shape index (κ2) is 10.1. The van der Waals surface area contributed by atoms with Crippen molar-refractivity contribution in [2.45, 2.75) is 27.3 Å². The number of para-hydroxylation sites is 1. The zero-order valence-electron chi connectivity index (χ0n) is 17.3. The molecular formula is C23H28ClN3O2. The first-order valence-electron chi connectivity index (χ1n) is 9.48. The molecule has 2 N–H and O–H groups in total. The highest BCUT2D eigenvalue weighted by Crippen LogP contribution is 2.24. The molecular weight excluding hydrogens is 386 g/mol. The number of aromatic nitrogens is 1. The molecule has 0 fully saturated rings. The van der Waals surface area contributed by atoms with Crippen LogP contribution < -0.4 is 15.4 Å². The first-order chi connectivity index (χ1) is 13.5. The van der Waals surface area contributed by atoms with Gasteiger partial charge in [-0.05, 0) is 62.4 Å². The third-order valence-corrected chi connectivity index (χ3v) is 4.84. The Morgan fingerprint density at radius 3 is 2.41 bits per heavy atom. The van der Waals surface area contributed by atoms with Crippen LogP contribution in [0.15, 0.2) is 54.6 Å². The molecule has 0 atom stereocenters. The zero-order chi connectivity index (χ0) is 20.1. The summed E-state index contributed by atoms with van der Waals surface area (Å²) in [5, 5.41) is 6.38. The highest BCUT2D eigenvalue weighted by atomic mass is 35.5. The molecule has 2 aromatic carbocycles. The Bertz CT molecular complexity index is 965. The van der Waals surface area contributed by atoms with Gasteiger partial charge in [-0.1, -0.05) is 25.1 Å². The third-order valence-electron chi connectivity index (χ3n) is 4.84. The lowest BCUT2D eigenvalue weighted by atomic mass is 10.1. The molecule has 1 amide bonds. The van der Waals surface area contributed by atoms with Crippen LogP contribution in [0.3, 0.4) is 0 Å². The Morgan fingerprint density at radius 2 is 1.76 bits per heavy atom. The number of amides is 1. The molecule has 154 valence electrons. The van der Waals surface area contributed by atoms with Crippen molar-refractivity contribution in [1.29, 1.82) is 0 Å². The highest BCUT2D eigenvalue weighted by molar-refractivity contribution is 6.05. The van der Waals surface area contributed by atoms with Crippen molar-refractivity contribution < 1.29 is 9.53 Å². The zero-order valence-corrected chi connectivity index (χ0v) is 18.1. The van der Waals surface area contributed by atoms with Crippen molar-refractivity contribution in [1.82, 2.24) is 9.88 Å². The molecule has 0 aliphatic heterocycles. The maximum absolute atomic E-state index is 13.0. The predicted octanol–water partition coefficient (Wildman–Crippen LogP) is 4.89. The van der Waals surface area contributed by atoms with Crippen LogP contribution in [0.2, 0.25) is 0 Å². The number of halogens is 1. The summed E-state index contributed by atoms with van der Waals surface area (Å²) in [5.74, 6) is 0.707. The van der Waals surface area contributed by atoms with Crippen molar-refractivity contribution in [3.63, 3.8) is 0 Å². The number of carbonyl (C=O) groups excluding carboxylic acids is 1. The van der Waals surface area contributed by atoms with E-state index in [4.69, 9.17) is 4.74 Å². The smallest absolute Gasteiger partial charge is 0.257 e. The van der Waals surface area contributed by atoms with Crippen LogP contribution in [0.4, 0.5) is 5.69 Å². The summed E-state index contributed by atoms with van der Waals surface area (Å²) in [6.45, 7) is 7.64. The van der Waals surface area contributed by atoms with Gasteiger partial charge in [0.05, 0.1) is 12.7 Å². The van der Waals surface area contributed by atoms with Crippen molar-refractivity contribution in [3.05, 3.63) is 77.1 Å². The molecule has 0 unspecified atom stereocenters. The molecule has 29 heavy (non-hydrogen) atoms. The summed E-state index contributed by atoms with van der Waals surface area (Å²) in [6, 6.07) is 17.6. The lowest BCUT2D eigenvalue weighted by molar-refractivity contribution is 0.102. The number of hydrogen-bond donors (Lipinski definition) is 2. The molecule has 0 saturated heterocycles. The van der Waals surface area contributed by atoms with Crippen molar-refractivity contribution in [2.24, 2.45) is 0 Å². The molecule has 1 aromatic heterocycles. The van der Waals surface area contributed by atoms with Crippen molar-refractivity contribution in [3.8, 4) is 11.4 Å². The van der Waals surface area contributed by atoms with Crippen LogP contribution in [0.5, 0.6) is 5.75 Å². The largest absolute Gasteiger partial charge is 0.497 e. The summed E-state index contributed by atoms with van der Waals surface area (Å²) < 4.78 is 7.32. The number of carbonyl (C=O) groups is 1. The van der Waals surface area contributed by atoms with E-state index in [2.05, 4.69) is 22.1 Å². The second-order valence-electron chi connectivity index (χ2n) is 6.71. The van der Waals surface area contributed by atoms with Gasteiger partial charge < -0.3 is 19.9 Å². The van der Waals surface area contributed by atoms with Crippen LogP contribution in [-0.4, -0.2) is 24.1 Å². The van der Waals surface area contributed by atoms with Gasteiger partial charge in [-0.15, -0.1) is 12.4 Å². The summed E-state index contributed by atoms with van der Waals surface area (Å²) >= 11 is 0. The third kappa shape index (κ3) is 5.00. The molecule has 0 saturated carbocycles. The average Bonchev–Trinajstić information content (AvgIpc) is 3.01. The Labute approximate surface area is 178 Å². The SMILES string of the molecule is CCNCc1ccccc1NC(=O)c1cc(C)n(-c2ccc(OC)cc2)c1C.Cl. The molecule has 5 nitrogen and oxygen atoms in total. The van der Waals surface area contributed by atoms with E-state index in [1.54, 1.807) is 7.11 Å². The summed E-state index contributed by atoms with van der Waals surface area (Å²) in [7, 11) is 1.65. The Morgan fingerprint density at radius 1 is 1.07 bits per heavy atom. The van der Waals surface area contributed by atoms with E-state index in [1.165, 1.54) is 0 Å². The summed E-state index contributed by atoms with van der Waals surface area (Å²) in [6.07, 6.45) is 0. The summed E-state index contributed by atoms with van der Waals surface area (Å²) in [4.78, 5) is 13.0. The fourth-order valence-corrected chi connectivity index (χ4v) is 3.37. The van der Waals surface area contributed by atoms with E-state index in [-0.39, 0.29) is 18.3 Å². The predicted molar refractivity (Wildman–Crippen MR) is 121 cm³/mol. The van der Waals surface area contributed by atoms with Crippen molar-refractivity contribution in [2.75, 3.05) is 19.0 Å². The number of hydrogen-bond acceptors (Lipinski definition) is 3. The van der Waals surface area contributed by atoms with E-state index in [1.807, 2.05) is 68.4 Å². The standard InChI is InChI=1S/C23H27N3O2.ClH/c1-5-24-15-18-8-6-7-9-22(18)25-23(27)21-14-16(2)26(17(21)3)19-10-12-20(28-4)13-11-19;/h6-14,24H,5,15H2,1-4H3,(H,25,27);1H. The van der Waals surface area contributed by atoms with Crippen LogP contribution in [0.25, 0.3) is 5.69 Å². The fourth-order valence-electron chi connectivity index (χ4n) is 3.37. The van der Waals surface area contributed by atoms with Crippen LogP contribution in [-0.2, 0) is 6.54 Å². The summed E-state index contributed by atoms with van der Waals surface area (Å²) in [5.41, 5.74) is 5.50. The van der Waals surface area contributed by atoms with Crippen molar-refractivity contribution >= 4 is 24.0 Å². The van der Waals surface area contributed by atoms with E-state index in [9.17, 15) is 4.79 Å². The molecule has 3 rings (SSSR count). The molecule has 0 aliphatic rings. The van der Waals surface area contributed by atoms with Gasteiger partial charge in [-0.25, -0.2) is 0 Å². The number of ether oxygens (including phenoxy) is 1. The molecule has 6 heteroatoms. The van der Waals surface area contributed by atoms with Crippen LogP contribution in [0.1, 0.15) is 34.2 Å². The molecule has 1 heterocycles. The van der Waals surface area contributed by atoms with E-state index < -0.39 is 0 Å². The van der Waals surface area contributed by atoms with Gasteiger partial charge in [0, 0.05) is 29.3 Å². The number of nitrogens with zero attached hydrogens (tertiary/aromatic N) is 1. The molecule has 0 radical (unpaired) electrons.